The summed E-state index contributed by atoms with van der Waals surface area (Å²) < 4.78 is 7.16. The molecule has 4 rings (SSSR count). The van der Waals surface area contributed by atoms with Crippen LogP contribution in [-0.4, -0.2) is 63.7 Å². The average Bonchev–Trinajstić information content (AvgIpc) is 3.34. The van der Waals surface area contributed by atoms with E-state index in [4.69, 9.17) is 9.57 Å². The van der Waals surface area contributed by atoms with Gasteiger partial charge in [0.15, 0.2) is 0 Å². The van der Waals surface area contributed by atoms with Crippen LogP contribution < -0.4 is 0 Å². The molecule has 4 heterocycles. The SMILES string of the molecule is CCON1C(=O)CC(C(=O)OC)C12CCN(Cc1cccn1-c1cccnc1)CC2. The molecule has 0 bridgehead atoms. The van der Waals surface area contributed by atoms with E-state index in [1.807, 2.05) is 37.5 Å². The Morgan fingerprint density at radius 1 is 1.27 bits per heavy atom. The lowest BCUT2D eigenvalue weighted by molar-refractivity contribution is -0.221. The zero-order valence-corrected chi connectivity index (χ0v) is 17.5. The van der Waals surface area contributed by atoms with E-state index in [0.717, 1.165) is 25.3 Å². The fourth-order valence-electron chi connectivity index (χ4n) is 4.78. The zero-order valence-electron chi connectivity index (χ0n) is 17.5. The monoisotopic (exact) mass is 412 g/mol. The predicted molar refractivity (Wildman–Crippen MR) is 109 cm³/mol. The Kier molecular flexibility index (Phi) is 5.87. The summed E-state index contributed by atoms with van der Waals surface area (Å²) in [5, 5.41) is 1.48. The Bertz CT molecular complexity index is 890. The third kappa shape index (κ3) is 3.61. The Morgan fingerprint density at radius 3 is 2.73 bits per heavy atom. The number of nitrogens with zero attached hydrogens (tertiary/aromatic N) is 4. The van der Waals surface area contributed by atoms with Gasteiger partial charge in [0, 0.05) is 44.1 Å². The number of hydrogen-bond donors (Lipinski definition) is 0. The molecule has 1 amide bonds. The van der Waals surface area contributed by atoms with Gasteiger partial charge in [-0.05, 0) is 44.0 Å². The van der Waals surface area contributed by atoms with Gasteiger partial charge in [-0.1, -0.05) is 0 Å². The molecule has 2 aliphatic rings. The number of carbonyl (C=O) groups excluding carboxylic acids is 2. The van der Waals surface area contributed by atoms with Crippen LogP contribution in [0.1, 0.15) is 31.9 Å². The van der Waals surface area contributed by atoms with E-state index in [0.29, 0.717) is 19.4 Å². The van der Waals surface area contributed by atoms with Crippen LogP contribution in [0.3, 0.4) is 0 Å². The average molecular weight is 412 g/mol. The Balaban J connectivity index is 1.49. The molecule has 2 aliphatic heterocycles. The molecule has 30 heavy (non-hydrogen) atoms. The van der Waals surface area contributed by atoms with Crippen LogP contribution in [0.15, 0.2) is 42.9 Å². The molecule has 1 unspecified atom stereocenters. The van der Waals surface area contributed by atoms with Gasteiger partial charge in [0.05, 0.1) is 37.1 Å². The molecule has 2 saturated heterocycles. The minimum absolute atomic E-state index is 0.133. The standard InChI is InChI=1S/C22H28N4O4/c1-3-30-26-20(27)14-19(21(28)29-2)22(26)8-12-24(13-9-22)16-18-7-5-11-25(18)17-6-4-10-23-15-17/h4-7,10-11,15,19H,3,8-9,12-14,16H2,1-2H3. The maximum absolute atomic E-state index is 12.6. The van der Waals surface area contributed by atoms with Crippen molar-refractivity contribution in [3.63, 3.8) is 0 Å². The van der Waals surface area contributed by atoms with Gasteiger partial charge in [-0.15, -0.1) is 0 Å². The molecule has 8 heteroatoms. The lowest BCUT2D eigenvalue weighted by atomic mass is 9.77. The number of ether oxygens (including phenoxy) is 1. The summed E-state index contributed by atoms with van der Waals surface area (Å²) in [5.41, 5.74) is 1.58. The van der Waals surface area contributed by atoms with E-state index in [9.17, 15) is 9.59 Å². The van der Waals surface area contributed by atoms with E-state index < -0.39 is 11.5 Å². The van der Waals surface area contributed by atoms with Crippen molar-refractivity contribution in [3.05, 3.63) is 48.5 Å². The molecule has 1 spiro atoms. The van der Waals surface area contributed by atoms with Crippen molar-refractivity contribution in [2.75, 3.05) is 26.8 Å². The van der Waals surface area contributed by atoms with Gasteiger partial charge >= 0.3 is 5.97 Å². The molecule has 1 atom stereocenters. The van der Waals surface area contributed by atoms with Gasteiger partial charge in [0.1, 0.15) is 0 Å². The minimum Gasteiger partial charge on any atom is -0.469 e. The van der Waals surface area contributed by atoms with Crippen molar-refractivity contribution in [1.29, 1.82) is 0 Å². The first-order valence-corrected chi connectivity index (χ1v) is 10.4. The number of piperidine rings is 1. The molecule has 0 N–H and O–H groups in total. The molecule has 0 saturated carbocycles. The molecule has 0 radical (unpaired) electrons. The Morgan fingerprint density at radius 2 is 2.07 bits per heavy atom. The third-order valence-corrected chi connectivity index (χ3v) is 6.27. The highest BCUT2D eigenvalue weighted by Gasteiger charge is 2.58. The number of rotatable bonds is 6. The Hall–Kier alpha value is -2.71. The van der Waals surface area contributed by atoms with E-state index in [1.165, 1.54) is 17.9 Å². The largest absolute Gasteiger partial charge is 0.469 e. The van der Waals surface area contributed by atoms with E-state index in [1.54, 1.807) is 6.20 Å². The normalized spacial score (nSPS) is 21.3. The Labute approximate surface area is 176 Å². The molecule has 0 aliphatic carbocycles. The molecular formula is C22H28N4O4. The second kappa shape index (κ2) is 8.57. The van der Waals surface area contributed by atoms with E-state index in [-0.39, 0.29) is 18.3 Å². The number of pyridine rings is 1. The summed E-state index contributed by atoms with van der Waals surface area (Å²) in [5.74, 6) is -0.946. The summed E-state index contributed by atoms with van der Waals surface area (Å²) in [6, 6.07) is 8.11. The summed E-state index contributed by atoms with van der Waals surface area (Å²) in [4.78, 5) is 37.3. The maximum atomic E-state index is 12.6. The number of aromatic nitrogens is 2. The number of carbonyl (C=O) groups is 2. The van der Waals surface area contributed by atoms with Crippen LogP contribution in [0, 0.1) is 5.92 Å². The van der Waals surface area contributed by atoms with Crippen molar-refractivity contribution in [2.45, 2.75) is 38.3 Å². The zero-order chi connectivity index (χ0) is 21.1. The van der Waals surface area contributed by atoms with Crippen LogP contribution in [0.2, 0.25) is 0 Å². The van der Waals surface area contributed by atoms with Gasteiger partial charge in [0.2, 0.25) is 5.91 Å². The summed E-state index contributed by atoms with van der Waals surface area (Å²) in [7, 11) is 1.38. The molecule has 8 nitrogen and oxygen atoms in total. The summed E-state index contributed by atoms with van der Waals surface area (Å²) in [6.07, 6.45) is 7.15. The highest BCUT2D eigenvalue weighted by atomic mass is 16.7. The van der Waals surface area contributed by atoms with Crippen LogP contribution >= 0.6 is 0 Å². The van der Waals surface area contributed by atoms with Gasteiger partial charge < -0.3 is 9.30 Å². The lowest BCUT2D eigenvalue weighted by Crippen LogP contribution is -2.57. The fraction of sp³-hybridized carbons (Fsp3) is 0.500. The number of amides is 1. The van der Waals surface area contributed by atoms with Crippen molar-refractivity contribution in [3.8, 4) is 5.69 Å². The first-order valence-electron chi connectivity index (χ1n) is 10.4. The van der Waals surface area contributed by atoms with Crippen LogP contribution in [-0.2, 0) is 25.7 Å². The topological polar surface area (TPSA) is 76.9 Å². The van der Waals surface area contributed by atoms with Crippen molar-refractivity contribution in [1.82, 2.24) is 19.5 Å². The second-order valence-corrected chi connectivity index (χ2v) is 7.85. The number of hydroxylamine groups is 2. The van der Waals surface area contributed by atoms with Crippen LogP contribution in [0.25, 0.3) is 5.69 Å². The fourth-order valence-corrected chi connectivity index (χ4v) is 4.78. The van der Waals surface area contributed by atoms with Gasteiger partial charge in [-0.3, -0.25) is 24.3 Å². The van der Waals surface area contributed by atoms with Crippen molar-refractivity contribution in [2.24, 2.45) is 5.92 Å². The minimum atomic E-state index is -0.623. The smallest absolute Gasteiger partial charge is 0.311 e. The predicted octanol–water partition coefficient (Wildman–Crippen LogP) is 2.18. The molecule has 2 fully saturated rings. The first-order chi connectivity index (χ1) is 14.6. The number of hydrogen-bond acceptors (Lipinski definition) is 6. The van der Waals surface area contributed by atoms with Crippen LogP contribution in [0.5, 0.6) is 0 Å². The van der Waals surface area contributed by atoms with E-state index in [2.05, 4.69) is 20.5 Å². The maximum Gasteiger partial charge on any atom is 0.311 e. The molecular weight excluding hydrogens is 384 g/mol. The summed E-state index contributed by atoms with van der Waals surface area (Å²) >= 11 is 0. The van der Waals surface area contributed by atoms with Crippen LogP contribution in [0.4, 0.5) is 0 Å². The van der Waals surface area contributed by atoms with Crippen molar-refractivity contribution < 1.29 is 19.2 Å². The van der Waals surface area contributed by atoms with E-state index >= 15 is 0 Å². The molecule has 160 valence electrons. The second-order valence-electron chi connectivity index (χ2n) is 7.85. The molecule has 2 aromatic rings. The molecule has 2 aromatic heterocycles. The highest BCUT2D eigenvalue weighted by Crippen LogP contribution is 2.44. The number of methoxy groups -OCH3 is 1. The quantitative estimate of drug-likeness (QED) is 0.677. The number of esters is 1. The lowest BCUT2D eigenvalue weighted by Gasteiger charge is -2.45. The van der Waals surface area contributed by atoms with Gasteiger partial charge in [0.25, 0.3) is 0 Å². The first kappa shape index (κ1) is 20.6. The highest BCUT2D eigenvalue weighted by molar-refractivity contribution is 5.88. The number of likely N-dealkylation sites (tertiary alicyclic amines) is 1. The summed E-state index contributed by atoms with van der Waals surface area (Å²) in [6.45, 7) is 4.56. The molecule has 0 aromatic carbocycles. The van der Waals surface area contributed by atoms with Crippen molar-refractivity contribution >= 4 is 11.9 Å². The third-order valence-electron chi connectivity index (χ3n) is 6.27. The van der Waals surface area contributed by atoms with Gasteiger partial charge in [-0.25, -0.2) is 5.06 Å². The van der Waals surface area contributed by atoms with Gasteiger partial charge in [-0.2, -0.15) is 0 Å².